The quantitative estimate of drug-likeness (QED) is 0.230. The van der Waals surface area contributed by atoms with E-state index in [9.17, 15) is 19.6 Å². The molecular weight excluding hydrogens is 420 g/mol. The molecule has 0 saturated heterocycles. The molecule has 0 radical (unpaired) electrons. The van der Waals surface area contributed by atoms with E-state index in [1.54, 1.807) is 18.5 Å². The minimum Gasteiger partial charge on any atom is -0.320 e. The normalized spacial score (nSPS) is 13.8. The summed E-state index contributed by atoms with van der Waals surface area (Å²) in [7, 11) is 0. The van der Waals surface area contributed by atoms with E-state index in [1.165, 1.54) is 5.01 Å². The summed E-state index contributed by atoms with van der Waals surface area (Å²) in [4.78, 5) is 38.4. The van der Waals surface area contributed by atoms with Crippen molar-refractivity contribution in [3.05, 3.63) is 53.6 Å². The molecule has 0 saturated carbocycles. The minimum atomic E-state index is -0.826. The fourth-order valence-electron chi connectivity index (χ4n) is 3.34. The van der Waals surface area contributed by atoms with E-state index in [4.69, 9.17) is 5.73 Å². The van der Waals surface area contributed by atoms with Crippen molar-refractivity contribution in [1.29, 1.82) is 0 Å². The van der Waals surface area contributed by atoms with E-state index >= 15 is 0 Å². The molecule has 0 aliphatic carbocycles. The van der Waals surface area contributed by atoms with Crippen LogP contribution in [-0.4, -0.2) is 40.5 Å². The van der Waals surface area contributed by atoms with Crippen molar-refractivity contribution in [2.24, 2.45) is 23.5 Å². The third-order valence-electron chi connectivity index (χ3n) is 5.08. The molecule has 3 amide bonds. The second-order valence-corrected chi connectivity index (χ2v) is 8.86. The van der Waals surface area contributed by atoms with Crippen LogP contribution in [0, 0.1) is 17.8 Å². The molecule has 0 aliphatic rings. The van der Waals surface area contributed by atoms with Crippen LogP contribution in [-0.2, 0) is 14.4 Å². The molecule has 8 heteroatoms. The van der Waals surface area contributed by atoms with E-state index in [2.05, 4.69) is 5.43 Å². The Bertz CT molecular complexity index is 830. The van der Waals surface area contributed by atoms with Crippen LogP contribution < -0.4 is 16.6 Å². The molecule has 0 spiro atoms. The van der Waals surface area contributed by atoms with Crippen LogP contribution in [0.25, 0.3) is 6.08 Å². The number of hydrazine groups is 1. The third kappa shape index (κ3) is 10.0. The molecule has 1 rings (SSSR count). The lowest BCUT2D eigenvalue weighted by atomic mass is 9.82. The molecule has 182 valence electrons. The Morgan fingerprint density at radius 3 is 2.21 bits per heavy atom. The smallest absolute Gasteiger partial charge is 0.257 e. The number of hydroxylamine groups is 1. The number of benzene rings is 1. The number of nitrogens with zero attached hydrogens (tertiary/aromatic N) is 1. The van der Waals surface area contributed by atoms with E-state index in [0.717, 1.165) is 11.1 Å². The summed E-state index contributed by atoms with van der Waals surface area (Å²) in [5.41, 5.74) is 12.1. The highest BCUT2D eigenvalue weighted by atomic mass is 16.5. The largest absolute Gasteiger partial charge is 0.320 e. The van der Waals surface area contributed by atoms with Crippen LogP contribution in [0.3, 0.4) is 0 Å². The van der Waals surface area contributed by atoms with Crippen molar-refractivity contribution < 1.29 is 19.6 Å². The van der Waals surface area contributed by atoms with E-state index in [1.807, 2.05) is 70.2 Å². The predicted molar refractivity (Wildman–Crippen MR) is 129 cm³/mol. The van der Waals surface area contributed by atoms with Gasteiger partial charge in [-0.15, -0.1) is 0 Å². The van der Waals surface area contributed by atoms with Gasteiger partial charge in [-0.2, -0.15) is 0 Å². The van der Waals surface area contributed by atoms with Gasteiger partial charge in [-0.3, -0.25) is 25.0 Å². The van der Waals surface area contributed by atoms with Crippen molar-refractivity contribution in [2.75, 3.05) is 6.54 Å². The van der Waals surface area contributed by atoms with Gasteiger partial charge in [0.2, 0.25) is 11.8 Å². The fourth-order valence-corrected chi connectivity index (χ4v) is 3.34. The Labute approximate surface area is 196 Å². The van der Waals surface area contributed by atoms with Gasteiger partial charge in [0.1, 0.15) is 0 Å². The second-order valence-electron chi connectivity index (χ2n) is 8.86. The molecule has 1 aromatic carbocycles. The van der Waals surface area contributed by atoms with Crippen LogP contribution in [0.15, 0.2) is 48.1 Å². The van der Waals surface area contributed by atoms with Gasteiger partial charge >= 0.3 is 0 Å². The Kier molecular flexibility index (Phi) is 12.1. The first-order valence-corrected chi connectivity index (χ1v) is 11.2. The van der Waals surface area contributed by atoms with E-state index < -0.39 is 35.6 Å². The number of amides is 3. The molecule has 0 unspecified atom stereocenters. The molecular formula is C25H38N4O4. The van der Waals surface area contributed by atoms with Crippen LogP contribution >= 0.6 is 0 Å². The first-order valence-electron chi connectivity index (χ1n) is 11.2. The molecule has 0 fully saturated rings. The standard InChI is InChI=1S/C25H38N4O4/c1-17(2)14-15-29(25(32)19(5)26)27-23(30)22(16-18(3)4)21(24(31)28-33)13-9-12-20-10-7-6-8-11-20/h6-12,14,18-19,21-22,33H,13,15-16,26H2,1-5H3,(H,27,30)(H,28,31)/b12-9+/t19-,21+,22-/m1/s1. The van der Waals surface area contributed by atoms with Crippen molar-refractivity contribution in [2.45, 2.75) is 53.5 Å². The molecule has 33 heavy (non-hydrogen) atoms. The first kappa shape index (κ1) is 28.1. The maximum atomic E-state index is 13.3. The number of carbonyl (C=O) groups excluding carboxylic acids is 3. The molecule has 8 nitrogen and oxygen atoms in total. The van der Waals surface area contributed by atoms with Gasteiger partial charge in [-0.25, -0.2) is 10.5 Å². The lowest BCUT2D eigenvalue weighted by molar-refractivity contribution is -0.147. The summed E-state index contributed by atoms with van der Waals surface area (Å²) in [6.07, 6.45) is 6.11. The summed E-state index contributed by atoms with van der Waals surface area (Å²) >= 11 is 0. The molecule has 0 heterocycles. The zero-order valence-corrected chi connectivity index (χ0v) is 20.2. The van der Waals surface area contributed by atoms with Crippen LogP contribution in [0.4, 0.5) is 0 Å². The van der Waals surface area contributed by atoms with Crippen LogP contribution in [0.5, 0.6) is 0 Å². The highest BCUT2D eigenvalue weighted by molar-refractivity contribution is 5.89. The van der Waals surface area contributed by atoms with Crippen molar-refractivity contribution in [1.82, 2.24) is 15.9 Å². The monoisotopic (exact) mass is 458 g/mol. The predicted octanol–water partition coefficient (Wildman–Crippen LogP) is 3.05. The van der Waals surface area contributed by atoms with Gasteiger partial charge in [0.15, 0.2) is 0 Å². The average Bonchev–Trinajstić information content (AvgIpc) is 2.77. The Balaban J connectivity index is 3.16. The van der Waals surface area contributed by atoms with Gasteiger partial charge in [0, 0.05) is 0 Å². The zero-order valence-electron chi connectivity index (χ0n) is 20.2. The average molecular weight is 459 g/mol. The second kappa shape index (κ2) is 14.2. The van der Waals surface area contributed by atoms with Crippen molar-refractivity contribution in [3.8, 4) is 0 Å². The van der Waals surface area contributed by atoms with E-state index in [-0.39, 0.29) is 18.9 Å². The maximum absolute atomic E-state index is 13.3. The number of rotatable bonds is 11. The van der Waals surface area contributed by atoms with Gasteiger partial charge in [0.05, 0.1) is 24.4 Å². The summed E-state index contributed by atoms with van der Waals surface area (Å²) in [5.74, 6) is -3.05. The van der Waals surface area contributed by atoms with Crippen LogP contribution in [0.2, 0.25) is 0 Å². The molecule has 0 bridgehead atoms. The number of carbonyl (C=O) groups is 3. The summed E-state index contributed by atoms with van der Waals surface area (Å²) < 4.78 is 0. The first-order chi connectivity index (χ1) is 15.6. The van der Waals surface area contributed by atoms with Gasteiger partial charge in [-0.1, -0.05) is 68.0 Å². The molecule has 0 aromatic heterocycles. The summed E-state index contributed by atoms with van der Waals surface area (Å²) in [5, 5.41) is 10.5. The van der Waals surface area contributed by atoms with Gasteiger partial charge < -0.3 is 5.73 Å². The van der Waals surface area contributed by atoms with E-state index in [0.29, 0.717) is 6.42 Å². The van der Waals surface area contributed by atoms with Gasteiger partial charge in [-0.05, 0) is 45.1 Å². The summed E-state index contributed by atoms with van der Waals surface area (Å²) in [6, 6.07) is 8.77. The molecule has 0 aliphatic heterocycles. The lowest BCUT2D eigenvalue weighted by Crippen LogP contribution is -2.54. The highest BCUT2D eigenvalue weighted by Crippen LogP contribution is 2.25. The summed E-state index contributed by atoms with van der Waals surface area (Å²) in [6.45, 7) is 9.38. The SMILES string of the molecule is CC(C)=CCN(NC(=O)[C@H](CC(C)C)[C@H](C/C=C/c1ccccc1)C(=O)NO)C(=O)[C@@H](C)N. The molecule has 3 atom stereocenters. The number of nitrogens with two attached hydrogens (primary N) is 1. The zero-order chi connectivity index (χ0) is 25.0. The lowest BCUT2D eigenvalue weighted by Gasteiger charge is -2.30. The minimum absolute atomic E-state index is 0.100. The highest BCUT2D eigenvalue weighted by Gasteiger charge is 2.35. The molecule has 5 N–H and O–H groups in total. The number of hydrogen-bond donors (Lipinski definition) is 4. The topological polar surface area (TPSA) is 125 Å². The fraction of sp³-hybridized carbons (Fsp3) is 0.480. The van der Waals surface area contributed by atoms with Gasteiger partial charge in [0.25, 0.3) is 5.91 Å². The van der Waals surface area contributed by atoms with Crippen molar-refractivity contribution in [3.63, 3.8) is 0 Å². The number of nitrogens with one attached hydrogen (secondary N) is 2. The Morgan fingerprint density at radius 2 is 1.70 bits per heavy atom. The number of hydrogen-bond acceptors (Lipinski definition) is 5. The Morgan fingerprint density at radius 1 is 1.06 bits per heavy atom. The van der Waals surface area contributed by atoms with Crippen LogP contribution in [0.1, 0.15) is 53.0 Å². The van der Waals surface area contributed by atoms with Crippen molar-refractivity contribution >= 4 is 23.8 Å². The Hall–Kier alpha value is -2.97. The maximum Gasteiger partial charge on any atom is 0.257 e. The third-order valence-corrected chi connectivity index (χ3v) is 5.08. The number of allylic oxidation sites excluding steroid dienone is 2. The molecule has 1 aromatic rings.